The van der Waals surface area contributed by atoms with Crippen molar-refractivity contribution in [2.24, 2.45) is 4.99 Å². The van der Waals surface area contributed by atoms with Crippen molar-refractivity contribution in [2.45, 2.75) is 13.3 Å². The topological polar surface area (TPSA) is 74.9 Å². The van der Waals surface area contributed by atoms with Crippen molar-refractivity contribution in [3.63, 3.8) is 0 Å². The van der Waals surface area contributed by atoms with E-state index < -0.39 is 6.09 Å². The highest BCUT2D eigenvalue weighted by Crippen LogP contribution is 2.26. The van der Waals surface area contributed by atoms with Gasteiger partial charge in [0, 0.05) is 6.07 Å². The smallest absolute Gasteiger partial charge is 0.439 e. The van der Waals surface area contributed by atoms with Gasteiger partial charge in [-0.05, 0) is 30.7 Å². The van der Waals surface area contributed by atoms with E-state index in [9.17, 15) is 4.79 Å². The van der Waals surface area contributed by atoms with Crippen LogP contribution in [0.4, 0.5) is 4.79 Å². The first kappa shape index (κ1) is 19.2. The monoisotopic (exact) mass is 379 g/mol. The van der Waals surface area contributed by atoms with Crippen molar-refractivity contribution in [3.05, 3.63) is 72.2 Å². The summed E-state index contributed by atoms with van der Waals surface area (Å²) < 4.78 is 17.9. The first-order valence-electron chi connectivity index (χ1n) is 8.88. The number of aromatic nitrogens is 2. The summed E-state index contributed by atoms with van der Waals surface area (Å²) in [5.41, 5.74) is 0.844. The van der Waals surface area contributed by atoms with Crippen LogP contribution < -0.4 is 19.6 Å². The van der Waals surface area contributed by atoms with Gasteiger partial charge in [0.2, 0.25) is 5.88 Å². The van der Waals surface area contributed by atoms with Crippen LogP contribution in [0.5, 0.6) is 17.4 Å². The predicted molar refractivity (Wildman–Crippen MR) is 104 cm³/mol. The molecule has 1 heterocycles. The minimum atomic E-state index is -0.773. The molecule has 0 radical (unpaired) electrons. The van der Waals surface area contributed by atoms with Crippen LogP contribution in [0.15, 0.2) is 71.9 Å². The Balaban J connectivity index is 1.89. The Morgan fingerprint density at radius 1 is 1.07 bits per heavy atom. The summed E-state index contributed by atoms with van der Waals surface area (Å²) in [7, 11) is 1.50. The Morgan fingerprint density at radius 2 is 1.79 bits per heavy atom. The number of rotatable bonds is 6. The number of carbonyl (C=O) groups is 1. The average Bonchev–Trinajstić information content (AvgIpc) is 2.73. The SMILES string of the molecule is CCCOc1c/c(=N\C(=O)Oc2ccccc2OC)cnn1-c1ccccc1. The van der Waals surface area contributed by atoms with Crippen molar-refractivity contribution in [3.8, 4) is 23.1 Å². The zero-order valence-corrected chi connectivity index (χ0v) is 15.7. The number of para-hydroxylation sites is 3. The van der Waals surface area contributed by atoms with Gasteiger partial charge in [-0.1, -0.05) is 37.3 Å². The minimum absolute atomic E-state index is 0.296. The number of hydrogen-bond acceptors (Lipinski definition) is 5. The number of methoxy groups -OCH3 is 1. The summed E-state index contributed by atoms with van der Waals surface area (Å²) >= 11 is 0. The Bertz CT molecular complexity index is 1000. The number of ether oxygens (including phenoxy) is 3. The lowest BCUT2D eigenvalue weighted by atomic mass is 10.3. The minimum Gasteiger partial charge on any atom is -0.493 e. The molecule has 0 saturated heterocycles. The van der Waals surface area contributed by atoms with E-state index in [-0.39, 0.29) is 0 Å². The molecule has 0 aliphatic carbocycles. The van der Waals surface area contributed by atoms with E-state index in [2.05, 4.69) is 10.1 Å². The lowest BCUT2D eigenvalue weighted by Crippen LogP contribution is -2.16. The summed E-state index contributed by atoms with van der Waals surface area (Å²) in [4.78, 5) is 16.2. The van der Waals surface area contributed by atoms with E-state index in [1.165, 1.54) is 13.3 Å². The molecule has 0 atom stereocenters. The molecule has 144 valence electrons. The molecule has 0 aliphatic rings. The first-order valence-corrected chi connectivity index (χ1v) is 8.88. The van der Waals surface area contributed by atoms with Crippen LogP contribution in [0, 0.1) is 0 Å². The molecule has 1 amide bonds. The maximum atomic E-state index is 12.2. The van der Waals surface area contributed by atoms with Gasteiger partial charge in [-0.25, -0.2) is 9.48 Å². The van der Waals surface area contributed by atoms with Gasteiger partial charge in [0.05, 0.1) is 31.0 Å². The number of hydrogen-bond donors (Lipinski definition) is 0. The maximum Gasteiger partial charge on any atom is 0.439 e. The van der Waals surface area contributed by atoms with Crippen molar-refractivity contribution in [2.75, 3.05) is 13.7 Å². The molecule has 7 heteroatoms. The van der Waals surface area contributed by atoms with Gasteiger partial charge in [-0.3, -0.25) is 0 Å². The summed E-state index contributed by atoms with van der Waals surface area (Å²) in [6, 6.07) is 18.1. The Morgan fingerprint density at radius 3 is 2.50 bits per heavy atom. The Labute approximate surface area is 162 Å². The second-order valence-corrected chi connectivity index (χ2v) is 5.78. The van der Waals surface area contributed by atoms with E-state index in [1.807, 2.05) is 37.3 Å². The molecule has 3 rings (SSSR count). The molecule has 2 aromatic carbocycles. The molecule has 1 aromatic heterocycles. The molecule has 0 saturated carbocycles. The van der Waals surface area contributed by atoms with Crippen LogP contribution in [0.25, 0.3) is 5.69 Å². The highest BCUT2D eigenvalue weighted by Gasteiger charge is 2.09. The summed E-state index contributed by atoms with van der Waals surface area (Å²) in [6.07, 6.45) is 1.55. The Kier molecular flexibility index (Phi) is 6.41. The molecule has 0 unspecified atom stereocenters. The van der Waals surface area contributed by atoms with E-state index >= 15 is 0 Å². The number of carbonyl (C=O) groups excluding carboxylic acids is 1. The van der Waals surface area contributed by atoms with Crippen LogP contribution in [0.1, 0.15) is 13.3 Å². The fourth-order valence-corrected chi connectivity index (χ4v) is 2.46. The Hall–Kier alpha value is -3.61. The van der Waals surface area contributed by atoms with Crippen molar-refractivity contribution < 1.29 is 19.0 Å². The van der Waals surface area contributed by atoms with Crippen LogP contribution in [0.3, 0.4) is 0 Å². The third kappa shape index (κ3) is 4.76. The fourth-order valence-electron chi connectivity index (χ4n) is 2.46. The molecule has 0 aliphatic heterocycles. The standard InChI is InChI=1S/C21H21N3O4/c1-3-13-27-20-14-16(15-22-24(20)17-9-5-4-6-10-17)23-21(25)28-19-12-8-7-11-18(19)26-2/h4-12,14-15H,3,13H2,1-2H3/b23-16+. The zero-order chi connectivity index (χ0) is 19.8. The second-order valence-electron chi connectivity index (χ2n) is 5.78. The van der Waals surface area contributed by atoms with Crippen LogP contribution in [0.2, 0.25) is 0 Å². The van der Waals surface area contributed by atoms with Gasteiger partial charge in [-0.15, -0.1) is 0 Å². The summed E-state index contributed by atoms with van der Waals surface area (Å²) in [5, 5.41) is 4.69. The summed E-state index contributed by atoms with van der Waals surface area (Å²) in [6.45, 7) is 2.53. The highest BCUT2D eigenvalue weighted by atomic mass is 16.6. The third-order valence-electron chi connectivity index (χ3n) is 3.73. The first-order chi connectivity index (χ1) is 13.7. The molecule has 28 heavy (non-hydrogen) atoms. The average molecular weight is 379 g/mol. The molecule has 0 N–H and O–H groups in total. The summed E-state index contributed by atoms with van der Waals surface area (Å²) in [5.74, 6) is 1.23. The molecule has 0 fully saturated rings. The van der Waals surface area contributed by atoms with Gasteiger partial charge in [-0.2, -0.15) is 10.1 Å². The zero-order valence-electron chi connectivity index (χ0n) is 15.7. The highest BCUT2D eigenvalue weighted by molar-refractivity contribution is 5.72. The van der Waals surface area contributed by atoms with E-state index in [1.54, 1.807) is 35.0 Å². The lowest BCUT2D eigenvalue weighted by molar-refractivity contribution is 0.208. The van der Waals surface area contributed by atoms with E-state index in [0.29, 0.717) is 29.3 Å². The van der Waals surface area contributed by atoms with Crippen LogP contribution >= 0.6 is 0 Å². The van der Waals surface area contributed by atoms with Crippen LogP contribution in [-0.2, 0) is 0 Å². The fraction of sp³-hybridized carbons (Fsp3) is 0.190. The van der Waals surface area contributed by atoms with Gasteiger partial charge in [0.15, 0.2) is 11.5 Å². The van der Waals surface area contributed by atoms with Gasteiger partial charge in [0.25, 0.3) is 0 Å². The van der Waals surface area contributed by atoms with Crippen molar-refractivity contribution in [1.82, 2.24) is 9.78 Å². The van der Waals surface area contributed by atoms with Gasteiger partial charge >= 0.3 is 6.09 Å². The quantitative estimate of drug-likeness (QED) is 0.652. The van der Waals surface area contributed by atoms with Crippen molar-refractivity contribution >= 4 is 6.09 Å². The molecular weight excluding hydrogens is 358 g/mol. The molecular formula is C21H21N3O4. The number of benzene rings is 2. The molecule has 0 bridgehead atoms. The van der Waals surface area contributed by atoms with Crippen LogP contribution in [-0.4, -0.2) is 29.6 Å². The predicted octanol–water partition coefficient (Wildman–Crippen LogP) is 3.77. The normalized spacial score (nSPS) is 11.1. The molecule has 7 nitrogen and oxygen atoms in total. The van der Waals surface area contributed by atoms with Crippen molar-refractivity contribution in [1.29, 1.82) is 0 Å². The van der Waals surface area contributed by atoms with Gasteiger partial charge in [0.1, 0.15) is 0 Å². The lowest BCUT2D eigenvalue weighted by Gasteiger charge is -2.12. The maximum absolute atomic E-state index is 12.2. The number of nitrogens with zero attached hydrogens (tertiary/aromatic N) is 3. The number of amides is 1. The second kappa shape index (κ2) is 9.36. The molecule has 0 spiro atoms. The van der Waals surface area contributed by atoms with E-state index in [0.717, 1.165) is 12.1 Å². The van der Waals surface area contributed by atoms with E-state index in [4.69, 9.17) is 14.2 Å². The van der Waals surface area contributed by atoms with Gasteiger partial charge < -0.3 is 14.2 Å². The largest absolute Gasteiger partial charge is 0.493 e. The third-order valence-corrected chi connectivity index (χ3v) is 3.73. The molecule has 3 aromatic rings.